The summed E-state index contributed by atoms with van der Waals surface area (Å²) in [6.45, 7) is 4.77. The van der Waals surface area contributed by atoms with Crippen LogP contribution in [0.15, 0.2) is 0 Å². The zero-order valence-electron chi connectivity index (χ0n) is 11.1. The molecule has 2 aliphatic rings. The number of hydrogen-bond donors (Lipinski definition) is 1. The van der Waals surface area contributed by atoms with Crippen molar-refractivity contribution in [2.75, 3.05) is 7.05 Å². The maximum atomic E-state index is 9.95. The van der Waals surface area contributed by atoms with Crippen LogP contribution in [0, 0.1) is 5.41 Å². The van der Waals surface area contributed by atoms with Gasteiger partial charge in [-0.2, -0.15) is 0 Å². The van der Waals surface area contributed by atoms with Crippen LogP contribution in [0.1, 0.15) is 58.8 Å². The summed E-state index contributed by atoms with van der Waals surface area (Å²) >= 11 is 0. The lowest BCUT2D eigenvalue weighted by Gasteiger charge is -2.41. The number of likely N-dealkylation sites (N-methyl/N-ethyl adjacent to an activating group) is 1. The Morgan fingerprint density at radius 2 is 1.69 bits per heavy atom. The molecule has 0 unspecified atom stereocenters. The summed E-state index contributed by atoms with van der Waals surface area (Å²) in [6.07, 6.45) is 8.63. The highest BCUT2D eigenvalue weighted by atomic mass is 16.3. The molecule has 0 aromatic carbocycles. The van der Waals surface area contributed by atoms with E-state index in [0.29, 0.717) is 17.5 Å². The van der Waals surface area contributed by atoms with E-state index in [4.69, 9.17) is 0 Å². The van der Waals surface area contributed by atoms with E-state index in [1.165, 1.54) is 38.5 Å². The van der Waals surface area contributed by atoms with E-state index in [-0.39, 0.29) is 6.10 Å². The highest BCUT2D eigenvalue weighted by molar-refractivity contribution is 4.90. The molecule has 94 valence electrons. The first-order valence-corrected chi connectivity index (χ1v) is 6.90. The molecule has 1 N–H and O–H groups in total. The van der Waals surface area contributed by atoms with Gasteiger partial charge in [0.2, 0.25) is 0 Å². The van der Waals surface area contributed by atoms with Crippen LogP contribution in [0.4, 0.5) is 0 Å². The van der Waals surface area contributed by atoms with Crippen molar-refractivity contribution >= 4 is 0 Å². The summed E-state index contributed by atoms with van der Waals surface area (Å²) < 4.78 is 0. The highest BCUT2D eigenvalue weighted by Crippen LogP contribution is 2.38. The number of rotatable bonds is 2. The lowest BCUT2D eigenvalue weighted by molar-refractivity contribution is 0.0357. The number of aliphatic hydroxyl groups excluding tert-OH is 1. The van der Waals surface area contributed by atoms with Crippen LogP contribution < -0.4 is 0 Å². The molecule has 0 aliphatic heterocycles. The van der Waals surface area contributed by atoms with Gasteiger partial charge in [-0.3, -0.25) is 4.90 Å². The molecule has 0 bridgehead atoms. The molecule has 2 nitrogen and oxygen atoms in total. The van der Waals surface area contributed by atoms with Gasteiger partial charge in [-0.05, 0) is 57.4 Å². The van der Waals surface area contributed by atoms with Gasteiger partial charge in [0.25, 0.3) is 0 Å². The molecule has 0 aromatic rings. The molecule has 0 radical (unpaired) electrons. The second kappa shape index (κ2) is 4.66. The fraction of sp³-hybridized carbons (Fsp3) is 1.00. The third-order valence-electron chi connectivity index (χ3n) is 4.85. The van der Waals surface area contributed by atoms with Crippen molar-refractivity contribution in [1.29, 1.82) is 0 Å². The normalized spacial score (nSPS) is 35.8. The fourth-order valence-electron chi connectivity index (χ4n) is 3.46. The number of nitrogens with zero attached hydrogens (tertiary/aromatic N) is 1. The van der Waals surface area contributed by atoms with Crippen molar-refractivity contribution in [2.24, 2.45) is 5.41 Å². The topological polar surface area (TPSA) is 23.5 Å². The summed E-state index contributed by atoms with van der Waals surface area (Å²) in [4.78, 5) is 2.48. The van der Waals surface area contributed by atoms with Crippen molar-refractivity contribution in [3.63, 3.8) is 0 Å². The standard InChI is InChI=1S/C14H27NO/c1-14(2)9-7-11(8-10-14)15(3)12-5-4-6-13(12)16/h11-13,16H,4-10H2,1-3H3/t12-,13-/m0/s1. The summed E-state index contributed by atoms with van der Waals surface area (Å²) in [5, 5.41) is 9.95. The largest absolute Gasteiger partial charge is 0.391 e. The fourth-order valence-corrected chi connectivity index (χ4v) is 3.46. The zero-order chi connectivity index (χ0) is 11.8. The van der Waals surface area contributed by atoms with E-state index in [1.54, 1.807) is 0 Å². The van der Waals surface area contributed by atoms with Crippen LogP contribution in [0.3, 0.4) is 0 Å². The molecule has 2 aliphatic carbocycles. The van der Waals surface area contributed by atoms with Crippen LogP contribution >= 0.6 is 0 Å². The Morgan fingerprint density at radius 1 is 1.06 bits per heavy atom. The van der Waals surface area contributed by atoms with Gasteiger partial charge in [-0.1, -0.05) is 13.8 Å². The van der Waals surface area contributed by atoms with Crippen LogP contribution in [-0.2, 0) is 0 Å². The first kappa shape index (κ1) is 12.4. The minimum Gasteiger partial charge on any atom is -0.391 e. The van der Waals surface area contributed by atoms with Crippen LogP contribution in [-0.4, -0.2) is 35.2 Å². The smallest absolute Gasteiger partial charge is 0.0695 e. The molecular weight excluding hydrogens is 198 g/mol. The molecule has 16 heavy (non-hydrogen) atoms. The number of hydrogen-bond acceptors (Lipinski definition) is 2. The predicted molar refractivity (Wildman–Crippen MR) is 67.4 cm³/mol. The van der Waals surface area contributed by atoms with Crippen molar-refractivity contribution in [3.05, 3.63) is 0 Å². The van der Waals surface area contributed by atoms with Crippen LogP contribution in [0.2, 0.25) is 0 Å². The van der Waals surface area contributed by atoms with Gasteiger partial charge in [-0.25, -0.2) is 0 Å². The lowest BCUT2D eigenvalue weighted by Crippen LogP contribution is -2.46. The first-order valence-electron chi connectivity index (χ1n) is 6.90. The predicted octanol–water partition coefficient (Wildman–Crippen LogP) is 2.80. The minimum absolute atomic E-state index is 0.0695. The molecule has 2 rings (SSSR count). The van der Waals surface area contributed by atoms with Crippen molar-refractivity contribution in [3.8, 4) is 0 Å². The third kappa shape index (κ3) is 2.60. The Labute approximate surface area is 100 Å². The molecule has 0 heterocycles. The van der Waals surface area contributed by atoms with Gasteiger partial charge in [0, 0.05) is 12.1 Å². The molecule has 0 saturated heterocycles. The molecule has 2 heteroatoms. The molecule has 2 saturated carbocycles. The lowest BCUT2D eigenvalue weighted by atomic mass is 9.75. The van der Waals surface area contributed by atoms with E-state index >= 15 is 0 Å². The van der Waals surface area contributed by atoms with E-state index in [1.807, 2.05) is 0 Å². The highest BCUT2D eigenvalue weighted by Gasteiger charge is 2.35. The summed E-state index contributed by atoms with van der Waals surface area (Å²) in [6, 6.07) is 1.15. The van der Waals surface area contributed by atoms with Gasteiger partial charge in [0.05, 0.1) is 6.10 Å². The van der Waals surface area contributed by atoms with Gasteiger partial charge in [-0.15, -0.1) is 0 Å². The van der Waals surface area contributed by atoms with Gasteiger partial charge < -0.3 is 5.11 Å². The summed E-state index contributed by atoms with van der Waals surface area (Å²) in [5.41, 5.74) is 0.547. The van der Waals surface area contributed by atoms with Crippen molar-refractivity contribution in [1.82, 2.24) is 4.90 Å². The molecular formula is C14H27NO. The van der Waals surface area contributed by atoms with Crippen molar-refractivity contribution in [2.45, 2.75) is 77.0 Å². The van der Waals surface area contributed by atoms with E-state index in [2.05, 4.69) is 25.8 Å². The summed E-state index contributed by atoms with van der Waals surface area (Å²) in [5.74, 6) is 0. The van der Waals surface area contributed by atoms with Crippen molar-refractivity contribution < 1.29 is 5.11 Å². The minimum atomic E-state index is -0.0695. The Morgan fingerprint density at radius 3 is 2.19 bits per heavy atom. The Bertz CT molecular complexity index is 229. The molecule has 2 fully saturated rings. The van der Waals surface area contributed by atoms with Gasteiger partial charge >= 0.3 is 0 Å². The molecule has 0 aromatic heterocycles. The number of aliphatic hydroxyl groups is 1. The van der Waals surface area contributed by atoms with E-state index in [9.17, 15) is 5.11 Å². The monoisotopic (exact) mass is 225 g/mol. The first-order chi connectivity index (χ1) is 7.49. The average molecular weight is 225 g/mol. The molecule has 2 atom stereocenters. The third-order valence-corrected chi connectivity index (χ3v) is 4.85. The Hall–Kier alpha value is -0.0800. The maximum Gasteiger partial charge on any atom is 0.0695 e. The quantitative estimate of drug-likeness (QED) is 0.781. The SMILES string of the molecule is CN(C1CCC(C)(C)CC1)[C@H]1CCC[C@@H]1O. The molecule has 0 spiro atoms. The van der Waals surface area contributed by atoms with E-state index in [0.717, 1.165) is 6.42 Å². The van der Waals surface area contributed by atoms with Crippen LogP contribution in [0.25, 0.3) is 0 Å². The zero-order valence-corrected chi connectivity index (χ0v) is 11.1. The average Bonchev–Trinajstić information content (AvgIpc) is 2.63. The maximum absolute atomic E-state index is 9.95. The summed E-state index contributed by atoms with van der Waals surface area (Å²) in [7, 11) is 2.22. The van der Waals surface area contributed by atoms with Crippen LogP contribution in [0.5, 0.6) is 0 Å². The van der Waals surface area contributed by atoms with E-state index < -0.39 is 0 Å². The Balaban J connectivity index is 1.88. The second-order valence-electron chi connectivity index (χ2n) is 6.63. The second-order valence-corrected chi connectivity index (χ2v) is 6.63. The van der Waals surface area contributed by atoms with Gasteiger partial charge in [0.1, 0.15) is 0 Å². The Kier molecular flexibility index (Phi) is 3.60. The van der Waals surface area contributed by atoms with Gasteiger partial charge in [0.15, 0.2) is 0 Å². The molecule has 0 amide bonds.